The van der Waals surface area contributed by atoms with Crippen LogP contribution >= 0.6 is 0 Å². The number of carboxylic acids is 1. The molecule has 45 atom stereocenters. The SMILES string of the molecule is CC(=O)NC1[C@H](OC2[C@@H](OCC3O[C@@H](O[C@@H]4C(CO)O[C@@H](O)C(NC(C)=O)[C@H]4O)C(O)[C@@H](O[C@H]4O[C@@H](CO)[C@@H](O)C(O)C4O[C@@H]4OC(CO)[C@@H](O[C@@H]5OC(CO[C@]6(C(=O)O)C[C@@H](O)[C@@H](NC(C)=O)C([C@H](O)[C@H](O)CO)O6)[C@H](O)[C@H](O)C5O)[C@H](O)C4NC(C)=O)[C@@H]3O)OC(CO)[C@@H](O)[C@@H]2O)OC(CO)[C@@H](O[C@H]2C[C@@H](O)[C@@H](O)C(CO)O2)[C@@H]1O. The van der Waals surface area contributed by atoms with E-state index in [0.29, 0.717) is 0 Å². The third-order valence-corrected chi connectivity index (χ3v) is 21.2. The Morgan fingerprint density at radius 2 is 0.761 bits per heavy atom. The first kappa shape index (κ1) is 96.5. The van der Waals surface area contributed by atoms with Crippen molar-refractivity contribution in [3.05, 3.63) is 0 Å². The van der Waals surface area contributed by atoms with E-state index in [1.807, 2.05) is 0 Å². The lowest BCUT2D eigenvalue weighted by Crippen LogP contribution is -2.70. The van der Waals surface area contributed by atoms with Crippen molar-refractivity contribution in [2.75, 3.05) is 59.5 Å². The van der Waals surface area contributed by atoms with Crippen molar-refractivity contribution in [2.24, 2.45) is 0 Å². The number of nitrogens with one attached hydrogen (secondary N) is 4. The zero-order valence-electron chi connectivity index (χ0n) is 62.8. The molecular weight excluding hydrogens is 1600 g/mol. The zero-order chi connectivity index (χ0) is 86.4. The van der Waals surface area contributed by atoms with Crippen molar-refractivity contribution in [3.63, 3.8) is 0 Å². The number of carbonyl (C=O) groups excluding carboxylic acids is 4. The fourth-order valence-electron chi connectivity index (χ4n) is 15.0. The van der Waals surface area contributed by atoms with Crippen LogP contribution in [0.2, 0.25) is 0 Å². The molecule has 0 spiro atoms. The molecule has 9 fully saturated rings. The van der Waals surface area contributed by atoms with Crippen LogP contribution in [-0.2, 0) is 104 Å². The van der Waals surface area contributed by atoms with E-state index in [4.69, 9.17) is 80.5 Å². The maximum absolute atomic E-state index is 13.1. The Morgan fingerprint density at radius 3 is 1.25 bits per heavy atom. The zero-order valence-corrected chi connectivity index (χ0v) is 62.8. The van der Waals surface area contributed by atoms with Gasteiger partial charge in [0.05, 0.1) is 77.7 Å². The van der Waals surface area contributed by atoms with Crippen LogP contribution in [0, 0.1) is 0 Å². The van der Waals surface area contributed by atoms with Gasteiger partial charge in [0.2, 0.25) is 23.6 Å². The predicted molar refractivity (Wildman–Crippen MR) is 359 cm³/mol. The number of aliphatic hydroxyl groups is 25. The van der Waals surface area contributed by atoms with Gasteiger partial charge in [-0.05, 0) is 0 Å². The van der Waals surface area contributed by atoms with Gasteiger partial charge in [-0.25, -0.2) is 4.79 Å². The van der Waals surface area contributed by atoms with Gasteiger partial charge in [-0.15, -0.1) is 0 Å². The summed E-state index contributed by atoms with van der Waals surface area (Å²) in [5, 5.41) is 297. The molecule has 30 N–H and O–H groups in total. The van der Waals surface area contributed by atoms with Gasteiger partial charge in [-0.3, -0.25) is 19.2 Å². The van der Waals surface area contributed by atoms with E-state index < -0.39 is 378 Å². The first-order valence-electron chi connectivity index (χ1n) is 37.2. The van der Waals surface area contributed by atoms with Gasteiger partial charge in [0.25, 0.3) is 5.79 Å². The lowest BCUT2D eigenvalue weighted by Gasteiger charge is -2.51. The molecule has 52 heteroatoms. The van der Waals surface area contributed by atoms with E-state index in [1.165, 1.54) is 0 Å². The lowest BCUT2D eigenvalue weighted by atomic mass is 9.88. The summed E-state index contributed by atoms with van der Waals surface area (Å²) in [7, 11) is 0. The number of hydrogen-bond acceptors (Lipinski definition) is 47. The van der Waals surface area contributed by atoms with Gasteiger partial charge >= 0.3 is 5.97 Å². The summed E-state index contributed by atoms with van der Waals surface area (Å²) < 4.78 is 100. The quantitative estimate of drug-likeness (QED) is 0.0297. The van der Waals surface area contributed by atoms with Crippen LogP contribution in [0.5, 0.6) is 0 Å². The Balaban J connectivity index is 0.991. The highest BCUT2D eigenvalue weighted by Crippen LogP contribution is 2.41. The van der Waals surface area contributed by atoms with Crippen molar-refractivity contribution in [1.29, 1.82) is 0 Å². The summed E-state index contributed by atoms with van der Waals surface area (Å²) in [6.45, 7) is -6.19. The first-order valence-corrected chi connectivity index (χ1v) is 37.2. The molecule has 16 unspecified atom stereocenters. The second kappa shape index (κ2) is 41.9. The lowest BCUT2D eigenvalue weighted by molar-refractivity contribution is -0.398. The van der Waals surface area contributed by atoms with Crippen molar-refractivity contribution in [3.8, 4) is 0 Å². The van der Waals surface area contributed by atoms with E-state index in [2.05, 4.69) is 21.3 Å². The molecule has 0 saturated carbocycles. The smallest absolute Gasteiger partial charge is 0.364 e. The van der Waals surface area contributed by atoms with Gasteiger partial charge in [0, 0.05) is 40.5 Å². The largest absolute Gasteiger partial charge is 0.477 e. The monoisotopic (exact) mass is 1710 g/mol. The Labute approximate surface area is 662 Å². The van der Waals surface area contributed by atoms with Gasteiger partial charge in [-0.1, -0.05) is 0 Å². The molecule has 676 valence electrons. The third kappa shape index (κ3) is 21.7. The Kier molecular flexibility index (Phi) is 34.6. The van der Waals surface area contributed by atoms with Crippen LogP contribution in [0.1, 0.15) is 40.5 Å². The predicted octanol–water partition coefficient (Wildman–Crippen LogP) is -19.8. The molecule has 0 radical (unpaired) electrons. The van der Waals surface area contributed by atoms with Crippen molar-refractivity contribution < 1.29 is 237 Å². The van der Waals surface area contributed by atoms with E-state index in [0.717, 1.165) is 27.7 Å². The standard InChI is InChI=1S/C65H108N4O48/c1-16(77)66-32-21(82)6-65(64(99)100,117-53(32)37(85)22(83)7-70)102-15-30-40(88)45(93)48(96)60(110-30)112-52-28(13-76)108-59(35(44(52)92)69-19(4)80)116-56-47(95)39(87)25(10-73)106-63(56)114-54-41(89)29(109-61(49(54)97)113-51-26(11-74)104-57(98)33(42(51)90)67-17(2)78)14-101-62-55(46(94)38(86)24(9-72)105-62)115-58-34(68-18(3)79)43(91)50(27(12-75)107-58)111-31-5-20(81)36(84)23(8-71)103-31/h20-63,70-76,81-98H,5-15H2,1-4H3,(H,66,77)(H,67,78)(H,68,79)(H,69,80)(H,99,100)/t20-,21-,22-,23?,24?,25+,26?,27?,28?,29?,30?,31+,32-,33?,34?,35?,36-,37-,38-,39-,40+,41-,42-,43-,44-,45+,46+,47?,48?,49?,50-,51-,52-,53?,54+,55?,56?,57-,58+,59+,60+,61+,62+,63-,65-/m1/s1. The van der Waals surface area contributed by atoms with Crippen LogP contribution in [-0.4, -0.2) is 497 Å². The Morgan fingerprint density at radius 1 is 0.368 bits per heavy atom. The summed E-state index contributed by atoms with van der Waals surface area (Å²) >= 11 is 0. The van der Waals surface area contributed by atoms with Crippen LogP contribution in [0.3, 0.4) is 0 Å². The van der Waals surface area contributed by atoms with E-state index in [9.17, 15) is 157 Å². The molecule has 0 bridgehead atoms. The molecule has 4 amide bonds. The highest BCUT2D eigenvalue weighted by Gasteiger charge is 2.62. The van der Waals surface area contributed by atoms with Gasteiger partial charge in [0.1, 0.15) is 201 Å². The van der Waals surface area contributed by atoms with E-state index in [-0.39, 0.29) is 0 Å². The minimum absolute atomic E-state index is 0.463. The molecule has 0 aromatic rings. The molecule has 9 rings (SSSR count). The fourth-order valence-corrected chi connectivity index (χ4v) is 15.0. The minimum atomic E-state index is -3.08. The number of hydrogen-bond donors (Lipinski definition) is 30. The molecule has 0 aromatic heterocycles. The van der Waals surface area contributed by atoms with Crippen molar-refractivity contribution >= 4 is 29.6 Å². The third-order valence-electron chi connectivity index (χ3n) is 21.2. The van der Waals surface area contributed by atoms with E-state index >= 15 is 0 Å². The average Bonchev–Trinajstić information content (AvgIpc) is 0.772. The molecule has 9 aliphatic rings. The topological polar surface area (TPSA) is 816 Å². The molecule has 9 heterocycles. The number of aliphatic hydroxyl groups excluding tert-OH is 25. The molecule has 0 aliphatic carbocycles. The van der Waals surface area contributed by atoms with Crippen molar-refractivity contribution in [2.45, 2.75) is 316 Å². The number of ether oxygens (including phenoxy) is 17. The van der Waals surface area contributed by atoms with Gasteiger partial charge < -0.3 is 235 Å². The van der Waals surface area contributed by atoms with E-state index in [1.54, 1.807) is 0 Å². The van der Waals surface area contributed by atoms with Gasteiger partial charge in [-0.2, -0.15) is 0 Å². The average molecular weight is 1710 g/mol. The first-order chi connectivity index (χ1) is 55.2. The van der Waals surface area contributed by atoms with Crippen LogP contribution in [0.25, 0.3) is 0 Å². The minimum Gasteiger partial charge on any atom is -0.477 e. The Hall–Kier alpha value is -4.33. The maximum atomic E-state index is 13.1. The highest BCUT2D eigenvalue weighted by molar-refractivity contribution is 5.77. The highest BCUT2D eigenvalue weighted by atomic mass is 16.8. The number of rotatable bonds is 32. The molecule has 0 aromatic carbocycles. The summed E-state index contributed by atoms with van der Waals surface area (Å²) in [5.74, 6) is -8.71. The molecule has 9 saturated heterocycles. The second-order valence-electron chi connectivity index (χ2n) is 29.5. The number of amides is 4. The number of aliphatic carboxylic acids is 1. The normalized spacial score (nSPS) is 47.2. The van der Waals surface area contributed by atoms with Crippen LogP contribution in [0.4, 0.5) is 0 Å². The van der Waals surface area contributed by atoms with Gasteiger partial charge in [0.15, 0.2) is 50.3 Å². The molecule has 52 nitrogen and oxygen atoms in total. The molecular formula is C65H108N4O48. The number of carbonyl (C=O) groups is 5. The summed E-state index contributed by atoms with van der Waals surface area (Å²) in [6.07, 6.45) is -85.1. The maximum Gasteiger partial charge on any atom is 0.364 e. The molecule has 117 heavy (non-hydrogen) atoms. The summed E-state index contributed by atoms with van der Waals surface area (Å²) in [4.78, 5) is 63.3. The molecule has 9 aliphatic heterocycles. The fraction of sp³-hybridized carbons (Fsp3) is 0.923. The Bertz CT molecular complexity index is 3170. The second-order valence-corrected chi connectivity index (χ2v) is 29.5. The summed E-state index contributed by atoms with van der Waals surface area (Å²) in [5.41, 5.74) is 0. The van der Waals surface area contributed by atoms with Crippen LogP contribution < -0.4 is 21.3 Å². The van der Waals surface area contributed by atoms with Crippen molar-refractivity contribution in [1.82, 2.24) is 21.3 Å². The summed E-state index contributed by atoms with van der Waals surface area (Å²) in [6, 6.07) is -7.31. The number of carboxylic acid groups (broad SMARTS) is 1. The van der Waals surface area contributed by atoms with Crippen LogP contribution in [0.15, 0.2) is 0 Å².